The van der Waals surface area contributed by atoms with E-state index in [-0.39, 0.29) is 23.3 Å². The first-order valence-corrected chi connectivity index (χ1v) is 14.4. The van der Waals surface area contributed by atoms with Crippen LogP contribution >= 0.6 is 0 Å². The molecule has 0 heterocycles. The monoisotopic (exact) mass is 485 g/mol. The number of carbonyl (C=O) groups excluding carboxylic acids is 2. The molecule has 35 heavy (non-hydrogen) atoms. The van der Waals surface area contributed by atoms with E-state index in [9.17, 15) is 14.7 Å². The van der Waals surface area contributed by atoms with Crippen LogP contribution in [0.25, 0.3) is 0 Å². The summed E-state index contributed by atoms with van der Waals surface area (Å²) in [6.45, 7) is 5.42. The number of ketones is 1. The number of esters is 1. The number of Topliss-reactive ketones (excluding diaryl/α,β-unsaturated/α-hetero) is 1. The molecule has 0 amide bonds. The Bertz CT molecular complexity index is 887. The van der Waals surface area contributed by atoms with Gasteiger partial charge in [0.25, 0.3) is 0 Å². The van der Waals surface area contributed by atoms with E-state index in [0.717, 1.165) is 44.9 Å². The summed E-state index contributed by atoms with van der Waals surface area (Å²) in [7, 11) is 4.41. The molecule has 196 valence electrons. The Morgan fingerprint density at radius 2 is 1.69 bits per heavy atom. The van der Waals surface area contributed by atoms with E-state index in [1.165, 1.54) is 32.6 Å². The lowest BCUT2D eigenvalue weighted by molar-refractivity contribution is -0.184. The summed E-state index contributed by atoms with van der Waals surface area (Å²) in [6, 6.07) is 0.666. The summed E-state index contributed by atoms with van der Waals surface area (Å²) in [5.74, 6) is 2.28. The third-order valence-electron chi connectivity index (χ3n) is 11.4. The second-order valence-corrected chi connectivity index (χ2v) is 13.2. The van der Waals surface area contributed by atoms with E-state index >= 15 is 0 Å². The van der Waals surface area contributed by atoms with Gasteiger partial charge in [0.1, 0.15) is 0 Å². The Hall–Kier alpha value is -1.20. The van der Waals surface area contributed by atoms with Crippen molar-refractivity contribution in [1.82, 2.24) is 4.90 Å². The third-order valence-corrected chi connectivity index (χ3v) is 11.4. The van der Waals surface area contributed by atoms with E-state index in [4.69, 9.17) is 4.74 Å². The number of aliphatic hydroxyl groups is 1. The van der Waals surface area contributed by atoms with Gasteiger partial charge in [0.05, 0.1) is 6.10 Å². The first-order valence-electron chi connectivity index (χ1n) is 14.4. The molecule has 4 saturated carbocycles. The highest BCUT2D eigenvalue weighted by atomic mass is 16.6. The number of fused-ring (bicyclic) bond motifs is 4. The van der Waals surface area contributed by atoms with E-state index in [0.29, 0.717) is 42.1 Å². The smallest absolute Gasteiger partial charge is 0.303 e. The molecule has 4 fully saturated rings. The first kappa shape index (κ1) is 25.4. The molecule has 0 aromatic carbocycles. The lowest BCUT2D eigenvalue weighted by Gasteiger charge is -2.57. The van der Waals surface area contributed by atoms with Gasteiger partial charge in [-0.2, -0.15) is 0 Å². The highest BCUT2D eigenvalue weighted by Gasteiger charge is 2.67. The molecule has 5 nitrogen and oxygen atoms in total. The molecule has 5 unspecified atom stereocenters. The van der Waals surface area contributed by atoms with E-state index in [2.05, 4.69) is 25.9 Å². The number of rotatable bonds is 4. The van der Waals surface area contributed by atoms with Gasteiger partial charge in [0, 0.05) is 18.4 Å². The van der Waals surface area contributed by atoms with Crippen LogP contribution in [0.2, 0.25) is 0 Å². The second kappa shape index (κ2) is 9.28. The van der Waals surface area contributed by atoms with Gasteiger partial charge in [-0.3, -0.25) is 9.59 Å². The van der Waals surface area contributed by atoms with Crippen LogP contribution in [0.5, 0.6) is 0 Å². The molecule has 0 aromatic heterocycles. The number of nitrogens with zero attached hydrogens (tertiary/aromatic N) is 1. The molecule has 5 rings (SSSR count). The Morgan fingerprint density at radius 3 is 2.31 bits per heavy atom. The maximum atomic E-state index is 13.3. The molecule has 0 aliphatic heterocycles. The van der Waals surface area contributed by atoms with Crippen LogP contribution in [0.4, 0.5) is 0 Å². The Balaban J connectivity index is 1.56. The average Bonchev–Trinajstić information content (AvgIpc) is 3.10. The molecular formula is C30H47NO4. The lowest BCUT2D eigenvalue weighted by Crippen LogP contribution is -2.58. The Labute approximate surface area is 212 Å². The summed E-state index contributed by atoms with van der Waals surface area (Å²) < 4.78 is 6.07. The Kier molecular flexibility index (Phi) is 6.74. The standard InChI is InChI=1S/C30H47NO4/c1-18(32)30(35-19(2)33)15-14-27-25-12-8-21-16-23(34)11-13-24(21)28(25)26(17-29(27,30)3)20-6-9-22(10-7-20)31(4)5/h20-23,25-27,34H,6-17H2,1-5H3/t20?,21?,22?,23?,25?,26?,27?,29-,30-/m0/s1. The quantitative estimate of drug-likeness (QED) is 0.432. The summed E-state index contributed by atoms with van der Waals surface area (Å²) >= 11 is 0. The van der Waals surface area contributed by atoms with Gasteiger partial charge in [-0.25, -0.2) is 0 Å². The second-order valence-electron chi connectivity index (χ2n) is 13.2. The van der Waals surface area contributed by atoms with Gasteiger partial charge < -0.3 is 14.7 Å². The predicted octanol–water partition coefficient (Wildman–Crippen LogP) is 5.30. The molecule has 0 aromatic rings. The number of allylic oxidation sites excluding steroid dienone is 2. The summed E-state index contributed by atoms with van der Waals surface area (Å²) in [5.41, 5.74) is 2.15. The van der Waals surface area contributed by atoms with Crippen molar-refractivity contribution in [2.45, 2.75) is 116 Å². The SMILES string of the molecule is CC(=O)O[C@]1(C(C)=O)CCC2C3CCC4CC(O)CCC4=C3C(C3CCC(N(C)C)CC3)C[C@@]21C. The van der Waals surface area contributed by atoms with Gasteiger partial charge >= 0.3 is 5.97 Å². The summed E-state index contributed by atoms with van der Waals surface area (Å²) in [6.07, 6.45) is 12.6. The lowest BCUT2D eigenvalue weighted by atomic mass is 9.48. The van der Waals surface area contributed by atoms with Crippen LogP contribution < -0.4 is 0 Å². The number of ether oxygens (including phenoxy) is 1. The van der Waals surface area contributed by atoms with Crippen molar-refractivity contribution in [1.29, 1.82) is 0 Å². The fraction of sp³-hybridized carbons (Fsp3) is 0.867. The van der Waals surface area contributed by atoms with Crippen molar-refractivity contribution in [2.75, 3.05) is 14.1 Å². The fourth-order valence-corrected chi connectivity index (χ4v) is 9.79. The zero-order valence-electron chi connectivity index (χ0n) is 22.6. The van der Waals surface area contributed by atoms with Crippen molar-refractivity contribution in [3.05, 3.63) is 11.1 Å². The highest BCUT2D eigenvalue weighted by molar-refractivity contribution is 5.89. The number of hydrogen-bond acceptors (Lipinski definition) is 5. The van der Waals surface area contributed by atoms with Crippen LogP contribution in [-0.2, 0) is 14.3 Å². The van der Waals surface area contributed by atoms with Crippen LogP contribution in [0, 0.1) is 35.0 Å². The molecule has 0 radical (unpaired) electrons. The average molecular weight is 486 g/mol. The van der Waals surface area contributed by atoms with Crippen molar-refractivity contribution < 1.29 is 19.4 Å². The number of carbonyl (C=O) groups is 2. The molecule has 0 bridgehead atoms. The normalized spacial score (nSPS) is 45.5. The van der Waals surface area contributed by atoms with Crippen molar-refractivity contribution in [3.8, 4) is 0 Å². The van der Waals surface area contributed by atoms with Crippen molar-refractivity contribution in [2.24, 2.45) is 35.0 Å². The number of hydrogen-bond donors (Lipinski definition) is 1. The van der Waals surface area contributed by atoms with Crippen LogP contribution in [0.1, 0.15) is 97.8 Å². The zero-order valence-corrected chi connectivity index (χ0v) is 22.6. The predicted molar refractivity (Wildman–Crippen MR) is 137 cm³/mol. The molecule has 1 N–H and O–H groups in total. The molecule has 5 aliphatic carbocycles. The Morgan fingerprint density at radius 1 is 0.971 bits per heavy atom. The maximum absolute atomic E-state index is 13.3. The molecule has 0 spiro atoms. The van der Waals surface area contributed by atoms with E-state index in [1.54, 1.807) is 18.1 Å². The van der Waals surface area contributed by atoms with Gasteiger partial charge in [0.2, 0.25) is 0 Å². The highest BCUT2D eigenvalue weighted by Crippen LogP contribution is 2.68. The summed E-state index contributed by atoms with van der Waals surface area (Å²) in [4.78, 5) is 28.0. The van der Waals surface area contributed by atoms with E-state index < -0.39 is 5.60 Å². The van der Waals surface area contributed by atoms with Crippen molar-refractivity contribution in [3.63, 3.8) is 0 Å². The minimum Gasteiger partial charge on any atom is -0.451 e. The molecule has 7 atom stereocenters. The molecule has 5 heteroatoms. The van der Waals surface area contributed by atoms with Gasteiger partial charge in [-0.1, -0.05) is 18.1 Å². The molecule has 5 aliphatic rings. The summed E-state index contributed by atoms with van der Waals surface area (Å²) in [5, 5.41) is 10.4. The minimum absolute atomic E-state index is 0.0401. The maximum Gasteiger partial charge on any atom is 0.303 e. The topological polar surface area (TPSA) is 66.8 Å². The third kappa shape index (κ3) is 4.04. The van der Waals surface area contributed by atoms with Gasteiger partial charge in [-0.05, 0) is 128 Å². The number of aliphatic hydroxyl groups excluding tert-OH is 1. The largest absolute Gasteiger partial charge is 0.451 e. The van der Waals surface area contributed by atoms with Crippen LogP contribution in [-0.4, -0.2) is 53.6 Å². The first-order chi connectivity index (χ1) is 16.6. The van der Waals surface area contributed by atoms with E-state index in [1.807, 2.05) is 0 Å². The van der Waals surface area contributed by atoms with Crippen LogP contribution in [0.3, 0.4) is 0 Å². The fourth-order valence-electron chi connectivity index (χ4n) is 9.79. The zero-order chi connectivity index (χ0) is 25.1. The molecular weight excluding hydrogens is 438 g/mol. The van der Waals surface area contributed by atoms with Gasteiger partial charge in [-0.15, -0.1) is 0 Å². The minimum atomic E-state index is -0.974. The van der Waals surface area contributed by atoms with Crippen molar-refractivity contribution >= 4 is 11.8 Å². The molecule has 0 saturated heterocycles. The van der Waals surface area contributed by atoms with Crippen LogP contribution in [0.15, 0.2) is 11.1 Å². The van der Waals surface area contributed by atoms with Gasteiger partial charge in [0.15, 0.2) is 11.4 Å².